The van der Waals surface area contributed by atoms with E-state index in [1.165, 1.54) is 0 Å². The van der Waals surface area contributed by atoms with Gasteiger partial charge >= 0.3 is 5.97 Å². The number of sulfonamides is 1. The zero-order valence-corrected chi connectivity index (χ0v) is 10.1. The number of hydrogen-bond donors (Lipinski definition) is 2. The zero-order chi connectivity index (χ0) is 13.2. The Kier molecular flexibility index (Phi) is 3.20. The van der Waals surface area contributed by atoms with Crippen molar-refractivity contribution in [3.63, 3.8) is 0 Å². The van der Waals surface area contributed by atoms with Crippen molar-refractivity contribution in [1.82, 2.24) is 0 Å². The Hall–Kier alpha value is -2.08. The lowest BCUT2D eigenvalue weighted by Gasteiger charge is -2.07. The Morgan fingerprint density at radius 2 is 1.78 bits per heavy atom. The van der Waals surface area contributed by atoms with E-state index in [4.69, 9.17) is 5.11 Å². The predicted octanol–water partition coefficient (Wildman–Crippen LogP) is 1.67. The highest BCUT2D eigenvalue weighted by Gasteiger charge is 2.15. The molecule has 0 unspecified atom stereocenters. The van der Waals surface area contributed by atoms with Crippen LogP contribution in [0, 0.1) is 0 Å². The molecule has 2 N–H and O–H groups in total. The summed E-state index contributed by atoms with van der Waals surface area (Å²) < 4.78 is 25.1. The second kappa shape index (κ2) is 4.66. The fourth-order valence-electron chi connectivity index (χ4n) is 1.63. The molecule has 0 bridgehead atoms. The van der Waals surface area contributed by atoms with Gasteiger partial charge in [-0.2, -0.15) is 0 Å². The molecule has 0 saturated heterocycles. The number of rotatable bonds is 4. The molecule has 94 valence electrons. The van der Waals surface area contributed by atoms with E-state index in [1.807, 2.05) is 24.3 Å². The highest BCUT2D eigenvalue weighted by Crippen LogP contribution is 2.19. The topological polar surface area (TPSA) is 83.5 Å². The fraction of sp³-hybridized carbons (Fsp3) is 0.0833. The van der Waals surface area contributed by atoms with Crippen LogP contribution in [0.5, 0.6) is 0 Å². The van der Waals surface area contributed by atoms with Crippen molar-refractivity contribution in [3.05, 3.63) is 42.5 Å². The van der Waals surface area contributed by atoms with Crippen LogP contribution in [-0.2, 0) is 14.8 Å². The largest absolute Gasteiger partial charge is 0.480 e. The Morgan fingerprint density at radius 1 is 1.11 bits per heavy atom. The third-order valence-electron chi connectivity index (χ3n) is 2.34. The Balaban J connectivity index is 2.30. The number of carbonyl (C=O) groups is 1. The lowest BCUT2D eigenvalue weighted by atomic mass is 10.1. The maximum Gasteiger partial charge on any atom is 0.320 e. The van der Waals surface area contributed by atoms with Gasteiger partial charge in [-0.15, -0.1) is 0 Å². The van der Waals surface area contributed by atoms with Gasteiger partial charge in [0, 0.05) is 5.69 Å². The average Bonchev–Trinajstić information content (AvgIpc) is 2.26. The second-order valence-electron chi connectivity index (χ2n) is 3.82. The van der Waals surface area contributed by atoms with Gasteiger partial charge in [-0.1, -0.05) is 30.3 Å². The molecule has 0 spiro atoms. The van der Waals surface area contributed by atoms with Crippen LogP contribution in [0.4, 0.5) is 5.69 Å². The maximum absolute atomic E-state index is 11.5. The molecule has 2 aromatic rings. The van der Waals surface area contributed by atoms with Crippen molar-refractivity contribution in [2.24, 2.45) is 0 Å². The van der Waals surface area contributed by atoms with E-state index in [0.29, 0.717) is 5.69 Å². The van der Waals surface area contributed by atoms with Crippen LogP contribution in [-0.4, -0.2) is 25.2 Å². The van der Waals surface area contributed by atoms with E-state index < -0.39 is 21.7 Å². The first kappa shape index (κ1) is 12.4. The highest BCUT2D eigenvalue weighted by atomic mass is 32.2. The third-order valence-corrected chi connectivity index (χ3v) is 3.51. The van der Waals surface area contributed by atoms with Gasteiger partial charge in [-0.3, -0.25) is 9.52 Å². The normalized spacial score (nSPS) is 11.3. The summed E-state index contributed by atoms with van der Waals surface area (Å²) in [6.07, 6.45) is 0. The quantitative estimate of drug-likeness (QED) is 0.880. The van der Waals surface area contributed by atoms with Crippen LogP contribution in [0.1, 0.15) is 0 Å². The summed E-state index contributed by atoms with van der Waals surface area (Å²) in [5, 5.41) is 10.3. The number of carboxylic acids is 1. The fourth-order valence-corrected chi connectivity index (χ4v) is 2.51. The molecule has 5 nitrogen and oxygen atoms in total. The van der Waals surface area contributed by atoms with Gasteiger partial charge in [0.15, 0.2) is 5.75 Å². The highest BCUT2D eigenvalue weighted by molar-refractivity contribution is 7.93. The molecular formula is C12H11NO4S. The zero-order valence-electron chi connectivity index (χ0n) is 9.33. The summed E-state index contributed by atoms with van der Waals surface area (Å²) in [7, 11) is -3.85. The smallest absolute Gasteiger partial charge is 0.320 e. The number of fused-ring (bicyclic) bond motifs is 1. The number of aliphatic carboxylic acids is 1. The van der Waals surface area contributed by atoms with Crippen LogP contribution in [0.2, 0.25) is 0 Å². The molecule has 0 amide bonds. The Morgan fingerprint density at radius 3 is 2.44 bits per heavy atom. The van der Waals surface area contributed by atoms with E-state index in [1.54, 1.807) is 18.2 Å². The molecule has 0 heterocycles. The summed E-state index contributed by atoms with van der Waals surface area (Å²) >= 11 is 0. The van der Waals surface area contributed by atoms with Crippen molar-refractivity contribution < 1.29 is 18.3 Å². The number of nitrogens with one attached hydrogen (secondary N) is 1. The number of benzene rings is 2. The first-order valence-electron chi connectivity index (χ1n) is 5.17. The van der Waals surface area contributed by atoms with Gasteiger partial charge in [0.05, 0.1) is 0 Å². The minimum atomic E-state index is -3.85. The minimum Gasteiger partial charge on any atom is -0.480 e. The number of anilines is 1. The molecule has 0 radical (unpaired) electrons. The van der Waals surface area contributed by atoms with Gasteiger partial charge in [-0.05, 0) is 22.9 Å². The van der Waals surface area contributed by atoms with E-state index in [2.05, 4.69) is 4.72 Å². The minimum absolute atomic E-state index is 0.356. The number of carboxylic acid groups (broad SMARTS) is 1. The van der Waals surface area contributed by atoms with Crippen molar-refractivity contribution in [3.8, 4) is 0 Å². The van der Waals surface area contributed by atoms with Crippen molar-refractivity contribution in [2.45, 2.75) is 0 Å². The molecule has 0 saturated carbocycles. The van der Waals surface area contributed by atoms with Crippen molar-refractivity contribution in [2.75, 3.05) is 10.5 Å². The summed E-state index contributed by atoms with van der Waals surface area (Å²) in [4.78, 5) is 10.4. The first-order chi connectivity index (χ1) is 8.46. The van der Waals surface area contributed by atoms with E-state index in [9.17, 15) is 13.2 Å². The van der Waals surface area contributed by atoms with Crippen LogP contribution in [0.25, 0.3) is 10.8 Å². The maximum atomic E-state index is 11.5. The van der Waals surface area contributed by atoms with Crippen molar-refractivity contribution >= 4 is 32.5 Å². The first-order valence-corrected chi connectivity index (χ1v) is 6.83. The SMILES string of the molecule is O=C(O)CS(=O)(=O)Nc1ccc2ccccc2c1. The average molecular weight is 265 g/mol. The molecule has 0 aliphatic heterocycles. The molecule has 0 atom stereocenters. The third kappa shape index (κ3) is 2.98. The van der Waals surface area contributed by atoms with Crippen LogP contribution >= 0.6 is 0 Å². The van der Waals surface area contributed by atoms with Crippen molar-refractivity contribution in [1.29, 1.82) is 0 Å². The second-order valence-corrected chi connectivity index (χ2v) is 5.54. The van der Waals surface area contributed by atoms with E-state index in [-0.39, 0.29) is 0 Å². The standard InChI is InChI=1S/C12H11NO4S/c14-12(15)8-18(16,17)13-11-6-5-9-3-1-2-4-10(9)7-11/h1-7,13H,8H2,(H,14,15). The molecule has 0 fully saturated rings. The summed E-state index contributed by atoms with van der Waals surface area (Å²) in [5.41, 5.74) is 0.356. The molecule has 0 aliphatic carbocycles. The monoisotopic (exact) mass is 265 g/mol. The van der Waals surface area contributed by atoms with Gasteiger partial charge < -0.3 is 5.11 Å². The summed E-state index contributed by atoms with van der Waals surface area (Å²) in [5.74, 6) is -2.33. The van der Waals surface area contributed by atoms with E-state index >= 15 is 0 Å². The summed E-state index contributed by atoms with van der Waals surface area (Å²) in [6, 6.07) is 12.5. The Labute approximate surface area is 104 Å². The van der Waals surface area contributed by atoms with Gasteiger partial charge in [0.1, 0.15) is 0 Å². The molecular weight excluding hydrogens is 254 g/mol. The van der Waals surface area contributed by atoms with Crippen LogP contribution in [0.15, 0.2) is 42.5 Å². The molecule has 18 heavy (non-hydrogen) atoms. The van der Waals surface area contributed by atoms with Gasteiger partial charge in [-0.25, -0.2) is 8.42 Å². The number of hydrogen-bond acceptors (Lipinski definition) is 3. The van der Waals surface area contributed by atoms with Gasteiger partial charge in [0.2, 0.25) is 10.0 Å². The molecule has 2 rings (SSSR count). The summed E-state index contributed by atoms with van der Waals surface area (Å²) in [6.45, 7) is 0. The molecule has 2 aromatic carbocycles. The van der Waals surface area contributed by atoms with Crippen LogP contribution in [0.3, 0.4) is 0 Å². The molecule has 0 aromatic heterocycles. The lowest BCUT2D eigenvalue weighted by Crippen LogP contribution is -2.22. The molecule has 0 aliphatic rings. The van der Waals surface area contributed by atoms with E-state index in [0.717, 1.165) is 10.8 Å². The van der Waals surface area contributed by atoms with Crippen LogP contribution < -0.4 is 4.72 Å². The predicted molar refractivity (Wildman–Crippen MR) is 69.0 cm³/mol. The molecule has 6 heteroatoms. The lowest BCUT2D eigenvalue weighted by molar-refractivity contribution is -0.134. The van der Waals surface area contributed by atoms with Gasteiger partial charge in [0.25, 0.3) is 0 Å². The Bertz CT molecular complexity index is 694.